The topological polar surface area (TPSA) is 81.7 Å². The Morgan fingerprint density at radius 2 is 1.72 bits per heavy atom. The molecule has 1 amide bonds. The molecule has 0 bridgehead atoms. The molecule has 0 saturated heterocycles. The largest absolute Gasteiger partial charge is 0.497 e. The number of aldehydes is 1. The second-order valence-corrected chi connectivity index (χ2v) is 5.26. The Balaban J connectivity index is 1.70. The SMILES string of the molecule is COc1ccc(CCNC(=O)COC(=O)c2ccc(C=O)cc2)cc1. The summed E-state index contributed by atoms with van der Waals surface area (Å²) in [5.41, 5.74) is 1.82. The van der Waals surface area contributed by atoms with Crippen molar-refractivity contribution in [1.29, 1.82) is 0 Å². The van der Waals surface area contributed by atoms with Gasteiger partial charge in [-0.05, 0) is 36.2 Å². The van der Waals surface area contributed by atoms with Gasteiger partial charge in [0.2, 0.25) is 0 Å². The molecule has 1 N–H and O–H groups in total. The fourth-order valence-electron chi connectivity index (χ4n) is 2.10. The minimum Gasteiger partial charge on any atom is -0.497 e. The van der Waals surface area contributed by atoms with E-state index in [1.165, 1.54) is 24.3 Å². The molecule has 0 heterocycles. The Morgan fingerprint density at radius 1 is 1.04 bits per heavy atom. The van der Waals surface area contributed by atoms with Gasteiger partial charge in [0.15, 0.2) is 6.61 Å². The van der Waals surface area contributed by atoms with Crippen LogP contribution in [0.3, 0.4) is 0 Å². The van der Waals surface area contributed by atoms with E-state index in [0.29, 0.717) is 24.8 Å². The third kappa shape index (κ3) is 5.76. The van der Waals surface area contributed by atoms with Crippen LogP contribution in [0.15, 0.2) is 48.5 Å². The van der Waals surface area contributed by atoms with Gasteiger partial charge < -0.3 is 14.8 Å². The molecule has 25 heavy (non-hydrogen) atoms. The maximum atomic E-state index is 11.8. The summed E-state index contributed by atoms with van der Waals surface area (Å²) in [6.45, 7) is 0.0909. The van der Waals surface area contributed by atoms with E-state index in [-0.39, 0.29) is 18.1 Å². The summed E-state index contributed by atoms with van der Waals surface area (Å²) in [7, 11) is 1.60. The first-order chi connectivity index (χ1) is 12.1. The molecule has 6 heteroatoms. The number of benzene rings is 2. The molecule has 0 radical (unpaired) electrons. The first-order valence-electron chi connectivity index (χ1n) is 7.74. The predicted molar refractivity (Wildman–Crippen MR) is 91.8 cm³/mol. The van der Waals surface area contributed by atoms with Crippen LogP contribution in [0.4, 0.5) is 0 Å². The van der Waals surface area contributed by atoms with Crippen LogP contribution in [0.25, 0.3) is 0 Å². The summed E-state index contributed by atoms with van der Waals surface area (Å²) in [4.78, 5) is 34.1. The molecule has 0 aliphatic carbocycles. The van der Waals surface area contributed by atoms with E-state index in [1.807, 2.05) is 24.3 Å². The molecule has 0 saturated carbocycles. The first-order valence-corrected chi connectivity index (χ1v) is 7.74. The molecule has 130 valence electrons. The molecular formula is C19H19NO5. The molecule has 0 aromatic heterocycles. The fourth-order valence-corrected chi connectivity index (χ4v) is 2.10. The number of esters is 1. The number of hydrogen-bond donors (Lipinski definition) is 1. The number of nitrogens with one attached hydrogen (secondary N) is 1. The van der Waals surface area contributed by atoms with Crippen molar-refractivity contribution in [2.45, 2.75) is 6.42 Å². The normalized spacial score (nSPS) is 9.96. The molecule has 0 spiro atoms. The minimum absolute atomic E-state index is 0.289. The third-order valence-electron chi connectivity index (χ3n) is 3.51. The van der Waals surface area contributed by atoms with Crippen LogP contribution in [0.5, 0.6) is 5.75 Å². The highest BCUT2D eigenvalue weighted by Gasteiger charge is 2.10. The van der Waals surface area contributed by atoms with E-state index in [1.54, 1.807) is 7.11 Å². The summed E-state index contributed by atoms with van der Waals surface area (Å²) in [5.74, 6) is -0.199. The molecule has 0 aliphatic rings. The van der Waals surface area contributed by atoms with Gasteiger partial charge in [-0.2, -0.15) is 0 Å². The summed E-state index contributed by atoms with van der Waals surface area (Å²) in [5, 5.41) is 2.69. The number of rotatable bonds is 8. The van der Waals surface area contributed by atoms with E-state index >= 15 is 0 Å². The number of hydrogen-bond acceptors (Lipinski definition) is 5. The standard InChI is InChI=1S/C19H19NO5/c1-24-17-8-4-14(5-9-17)10-11-20-18(22)13-25-19(23)16-6-2-15(12-21)3-7-16/h2-9,12H,10-11,13H2,1H3,(H,20,22). The average molecular weight is 341 g/mol. The summed E-state index contributed by atoms with van der Waals surface area (Å²) in [6.07, 6.45) is 1.35. The smallest absolute Gasteiger partial charge is 0.338 e. The zero-order valence-electron chi connectivity index (χ0n) is 13.9. The molecule has 0 fully saturated rings. The molecule has 0 aliphatic heterocycles. The summed E-state index contributed by atoms with van der Waals surface area (Å²) >= 11 is 0. The number of carbonyl (C=O) groups is 3. The minimum atomic E-state index is -0.609. The lowest BCUT2D eigenvalue weighted by atomic mass is 10.1. The molecular weight excluding hydrogens is 322 g/mol. The van der Waals surface area contributed by atoms with E-state index < -0.39 is 5.97 Å². The van der Waals surface area contributed by atoms with Gasteiger partial charge in [-0.15, -0.1) is 0 Å². The van der Waals surface area contributed by atoms with Crippen LogP contribution in [0.2, 0.25) is 0 Å². The molecule has 2 rings (SSSR count). The molecule has 0 atom stereocenters. The first kappa shape index (κ1) is 18.2. The van der Waals surface area contributed by atoms with E-state index in [2.05, 4.69) is 5.32 Å². The Kier molecular flexibility index (Phi) is 6.71. The molecule has 0 unspecified atom stereocenters. The molecule has 6 nitrogen and oxygen atoms in total. The zero-order valence-corrected chi connectivity index (χ0v) is 13.9. The van der Waals surface area contributed by atoms with Crippen LogP contribution >= 0.6 is 0 Å². The van der Waals surface area contributed by atoms with Crippen LogP contribution in [-0.4, -0.2) is 38.4 Å². The van der Waals surface area contributed by atoms with Gasteiger partial charge in [0.05, 0.1) is 12.7 Å². The second-order valence-electron chi connectivity index (χ2n) is 5.26. The van der Waals surface area contributed by atoms with Crippen LogP contribution < -0.4 is 10.1 Å². The van der Waals surface area contributed by atoms with Gasteiger partial charge in [-0.25, -0.2) is 4.79 Å². The van der Waals surface area contributed by atoms with Crippen LogP contribution in [-0.2, 0) is 16.0 Å². The Hall–Kier alpha value is -3.15. The van der Waals surface area contributed by atoms with Crippen LogP contribution in [0.1, 0.15) is 26.3 Å². The van der Waals surface area contributed by atoms with Crippen molar-refractivity contribution in [3.63, 3.8) is 0 Å². The van der Waals surface area contributed by atoms with Crippen molar-refractivity contribution in [3.8, 4) is 5.75 Å². The Morgan fingerprint density at radius 3 is 2.32 bits per heavy atom. The van der Waals surface area contributed by atoms with Crippen molar-refractivity contribution in [3.05, 3.63) is 65.2 Å². The van der Waals surface area contributed by atoms with Gasteiger partial charge >= 0.3 is 5.97 Å². The average Bonchev–Trinajstić information content (AvgIpc) is 2.66. The maximum Gasteiger partial charge on any atom is 0.338 e. The molecule has 2 aromatic carbocycles. The van der Waals surface area contributed by atoms with E-state index in [4.69, 9.17) is 9.47 Å². The highest BCUT2D eigenvalue weighted by atomic mass is 16.5. The van der Waals surface area contributed by atoms with Crippen molar-refractivity contribution in [1.82, 2.24) is 5.32 Å². The van der Waals surface area contributed by atoms with Gasteiger partial charge in [0, 0.05) is 12.1 Å². The second kappa shape index (κ2) is 9.22. The van der Waals surface area contributed by atoms with Crippen LogP contribution in [0, 0.1) is 0 Å². The summed E-state index contributed by atoms with van der Waals surface area (Å²) < 4.78 is 10.0. The van der Waals surface area contributed by atoms with Gasteiger partial charge in [0.1, 0.15) is 12.0 Å². The van der Waals surface area contributed by atoms with Crippen molar-refractivity contribution in [2.75, 3.05) is 20.3 Å². The fraction of sp³-hybridized carbons (Fsp3) is 0.211. The monoisotopic (exact) mass is 341 g/mol. The highest BCUT2D eigenvalue weighted by molar-refractivity contribution is 5.92. The van der Waals surface area contributed by atoms with Crippen molar-refractivity contribution < 1.29 is 23.9 Å². The number of methoxy groups -OCH3 is 1. The zero-order chi connectivity index (χ0) is 18.1. The highest BCUT2D eigenvalue weighted by Crippen LogP contribution is 2.11. The van der Waals surface area contributed by atoms with Crippen molar-refractivity contribution >= 4 is 18.2 Å². The lowest BCUT2D eigenvalue weighted by Crippen LogP contribution is -2.30. The van der Waals surface area contributed by atoms with Gasteiger partial charge in [-0.1, -0.05) is 24.3 Å². The number of carbonyl (C=O) groups excluding carboxylic acids is 3. The van der Waals surface area contributed by atoms with E-state index in [0.717, 1.165) is 11.3 Å². The van der Waals surface area contributed by atoms with Gasteiger partial charge in [0.25, 0.3) is 5.91 Å². The number of amides is 1. The van der Waals surface area contributed by atoms with Gasteiger partial charge in [-0.3, -0.25) is 9.59 Å². The quantitative estimate of drug-likeness (QED) is 0.587. The Bertz CT molecular complexity index is 722. The maximum absolute atomic E-state index is 11.8. The Labute approximate surface area is 145 Å². The molecule has 2 aromatic rings. The summed E-state index contributed by atoms with van der Waals surface area (Å²) in [6, 6.07) is 13.5. The predicted octanol–water partition coefficient (Wildman–Crippen LogP) is 2.02. The van der Waals surface area contributed by atoms with E-state index in [9.17, 15) is 14.4 Å². The lowest BCUT2D eigenvalue weighted by Gasteiger charge is -2.07. The third-order valence-corrected chi connectivity index (χ3v) is 3.51. The number of ether oxygens (including phenoxy) is 2. The lowest BCUT2D eigenvalue weighted by molar-refractivity contribution is -0.124. The van der Waals surface area contributed by atoms with Crippen molar-refractivity contribution in [2.24, 2.45) is 0 Å².